The van der Waals surface area contributed by atoms with E-state index in [1.807, 2.05) is 0 Å². The highest BCUT2D eigenvalue weighted by atomic mass is 16.5. The van der Waals surface area contributed by atoms with E-state index in [1.54, 1.807) is 0 Å². The molecule has 3 aliphatic rings. The summed E-state index contributed by atoms with van der Waals surface area (Å²) in [6, 6.07) is 0.497. The Hall–Kier alpha value is -0.650. The lowest BCUT2D eigenvalue weighted by molar-refractivity contribution is -0.141. The lowest BCUT2D eigenvalue weighted by atomic mass is 9.99. The van der Waals surface area contributed by atoms with Crippen LogP contribution in [-0.4, -0.2) is 84.7 Å². The van der Waals surface area contributed by atoms with Crippen LogP contribution in [0.25, 0.3) is 0 Å². The molecule has 0 bridgehead atoms. The molecule has 5 heteroatoms. The average molecular weight is 338 g/mol. The van der Waals surface area contributed by atoms with Crippen molar-refractivity contribution in [2.75, 3.05) is 45.9 Å². The largest absolute Gasteiger partial charge is 0.377 e. The van der Waals surface area contributed by atoms with Gasteiger partial charge in [0.05, 0.1) is 12.1 Å². The van der Waals surface area contributed by atoms with E-state index in [0.717, 1.165) is 52.3 Å². The van der Waals surface area contributed by atoms with Gasteiger partial charge >= 0.3 is 0 Å². The van der Waals surface area contributed by atoms with Gasteiger partial charge in [-0.05, 0) is 45.4 Å². The number of likely N-dealkylation sites (tertiary alicyclic amines) is 1. The molecule has 0 aliphatic carbocycles. The van der Waals surface area contributed by atoms with Crippen molar-refractivity contribution in [2.45, 2.75) is 70.6 Å². The second-order valence-corrected chi connectivity index (χ2v) is 7.74. The highest BCUT2D eigenvalue weighted by Crippen LogP contribution is 2.22. The van der Waals surface area contributed by atoms with Crippen LogP contribution < -0.4 is 0 Å². The summed E-state index contributed by atoms with van der Waals surface area (Å²) in [6.45, 7) is 11.4. The number of piperidine rings is 1. The van der Waals surface area contributed by atoms with Crippen molar-refractivity contribution in [3.05, 3.63) is 0 Å². The molecule has 138 valence electrons. The summed E-state index contributed by atoms with van der Waals surface area (Å²) in [5, 5.41) is 0. The number of amides is 1. The quantitative estimate of drug-likeness (QED) is 0.768. The maximum absolute atomic E-state index is 13.0. The van der Waals surface area contributed by atoms with Crippen molar-refractivity contribution in [1.29, 1.82) is 0 Å². The molecule has 0 N–H and O–H groups in total. The molecule has 3 saturated heterocycles. The van der Waals surface area contributed by atoms with Crippen molar-refractivity contribution >= 4 is 5.91 Å². The van der Waals surface area contributed by atoms with Crippen LogP contribution >= 0.6 is 0 Å². The first kappa shape index (κ1) is 18.2. The topological polar surface area (TPSA) is 36.0 Å². The zero-order valence-corrected chi connectivity index (χ0v) is 15.6. The third kappa shape index (κ3) is 4.30. The van der Waals surface area contributed by atoms with Crippen molar-refractivity contribution in [3.63, 3.8) is 0 Å². The van der Waals surface area contributed by atoms with Crippen LogP contribution in [0.4, 0.5) is 0 Å². The zero-order valence-electron chi connectivity index (χ0n) is 15.6. The first-order chi connectivity index (χ1) is 11.7. The van der Waals surface area contributed by atoms with Gasteiger partial charge in [0.25, 0.3) is 0 Å². The minimum atomic E-state index is 0.0297. The van der Waals surface area contributed by atoms with E-state index in [4.69, 9.17) is 4.74 Å². The van der Waals surface area contributed by atoms with E-state index in [0.29, 0.717) is 18.1 Å². The molecule has 1 amide bonds. The summed E-state index contributed by atoms with van der Waals surface area (Å²) < 4.78 is 5.76. The van der Waals surface area contributed by atoms with Gasteiger partial charge in [0.15, 0.2) is 0 Å². The molecule has 3 unspecified atom stereocenters. The van der Waals surface area contributed by atoms with Crippen molar-refractivity contribution in [2.24, 2.45) is 0 Å². The number of nitrogens with zero attached hydrogens (tertiary/aromatic N) is 3. The summed E-state index contributed by atoms with van der Waals surface area (Å²) in [6.07, 6.45) is 7.59. The Bertz CT molecular complexity index is 403. The second-order valence-electron chi connectivity index (χ2n) is 7.74. The van der Waals surface area contributed by atoms with Gasteiger partial charge in [0, 0.05) is 51.9 Å². The van der Waals surface area contributed by atoms with Gasteiger partial charge in [-0.15, -0.1) is 0 Å². The smallest absolute Gasteiger partial charge is 0.239 e. The van der Waals surface area contributed by atoms with Crippen LogP contribution in [0.2, 0.25) is 0 Å². The van der Waals surface area contributed by atoms with Crippen LogP contribution in [0.3, 0.4) is 0 Å². The van der Waals surface area contributed by atoms with Gasteiger partial charge < -0.3 is 9.64 Å². The molecule has 0 aromatic heterocycles. The fraction of sp³-hybridized carbons (Fsp3) is 0.947. The molecule has 0 radical (unpaired) electrons. The number of carbonyl (C=O) groups is 1. The molecule has 3 fully saturated rings. The van der Waals surface area contributed by atoms with E-state index in [-0.39, 0.29) is 6.04 Å². The number of piperazine rings is 1. The van der Waals surface area contributed by atoms with Crippen molar-refractivity contribution < 1.29 is 9.53 Å². The summed E-state index contributed by atoms with van der Waals surface area (Å²) >= 11 is 0. The molecule has 3 atom stereocenters. The molecule has 0 aromatic rings. The Morgan fingerprint density at radius 2 is 1.88 bits per heavy atom. The van der Waals surface area contributed by atoms with Crippen molar-refractivity contribution in [3.8, 4) is 0 Å². The minimum absolute atomic E-state index is 0.0297. The molecule has 0 aromatic carbocycles. The highest BCUT2D eigenvalue weighted by Gasteiger charge is 2.33. The van der Waals surface area contributed by atoms with Gasteiger partial charge in [0.1, 0.15) is 0 Å². The van der Waals surface area contributed by atoms with E-state index < -0.39 is 0 Å². The van der Waals surface area contributed by atoms with Gasteiger partial charge in [0.2, 0.25) is 5.91 Å². The van der Waals surface area contributed by atoms with Gasteiger partial charge in [-0.2, -0.15) is 0 Å². The number of hydrogen-bond acceptors (Lipinski definition) is 4. The third-order valence-electron chi connectivity index (χ3n) is 6.18. The predicted molar refractivity (Wildman–Crippen MR) is 96.1 cm³/mol. The summed E-state index contributed by atoms with van der Waals surface area (Å²) in [7, 11) is 0. The van der Waals surface area contributed by atoms with Gasteiger partial charge in [-0.25, -0.2) is 0 Å². The van der Waals surface area contributed by atoms with Crippen molar-refractivity contribution in [1.82, 2.24) is 14.7 Å². The standard InChI is InChI=1S/C19H35N3O2/c1-3-17-7-4-5-9-22(17)19(23)16(2)21-12-10-20(11-13-21)15-18-8-6-14-24-18/h16-18H,3-15H2,1-2H3. The lowest BCUT2D eigenvalue weighted by Gasteiger charge is -2.42. The lowest BCUT2D eigenvalue weighted by Crippen LogP contribution is -2.57. The molecular weight excluding hydrogens is 302 g/mol. The summed E-state index contributed by atoms with van der Waals surface area (Å²) in [5.41, 5.74) is 0. The molecule has 3 heterocycles. The van der Waals surface area contributed by atoms with Crippen LogP contribution in [0.5, 0.6) is 0 Å². The van der Waals surface area contributed by atoms with Crippen LogP contribution in [0.1, 0.15) is 52.4 Å². The Morgan fingerprint density at radius 3 is 2.54 bits per heavy atom. The highest BCUT2D eigenvalue weighted by molar-refractivity contribution is 5.82. The Morgan fingerprint density at radius 1 is 1.08 bits per heavy atom. The fourth-order valence-electron chi connectivity index (χ4n) is 4.52. The first-order valence-corrected chi connectivity index (χ1v) is 10.1. The third-order valence-corrected chi connectivity index (χ3v) is 6.18. The molecule has 5 nitrogen and oxygen atoms in total. The second kappa shape index (κ2) is 8.63. The monoisotopic (exact) mass is 337 g/mol. The number of hydrogen-bond donors (Lipinski definition) is 0. The maximum Gasteiger partial charge on any atom is 0.239 e. The molecule has 3 rings (SSSR count). The van der Waals surface area contributed by atoms with Crippen LogP contribution in [-0.2, 0) is 9.53 Å². The van der Waals surface area contributed by atoms with Crippen LogP contribution in [0.15, 0.2) is 0 Å². The molecular formula is C19H35N3O2. The molecule has 3 aliphatic heterocycles. The fourth-order valence-corrected chi connectivity index (χ4v) is 4.52. The number of rotatable bonds is 5. The van der Waals surface area contributed by atoms with E-state index in [9.17, 15) is 4.79 Å². The molecule has 0 spiro atoms. The van der Waals surface area contributed by atoms with Gasteiger partial charge in [-0.3, -0.25) is 14.6 Å². The summed E-state index contributed by atoms with van der Waals surface area (Å²) in [4.78, 5) is 20.0. The maximum atomic E-state index is 13.0. The molecule has 24 heavy (non-hydrogen) atoms. The van der Waals surface area contributed by atoms with E-state index in [1.165, 1.54) is 32.1 Å². The molecule has 0 saturated carbocycles. The number of ether oxygens (including phenoxy) is 1. The zero-order chi connectivity index (χ0) is 16.9. The Balaban J connectivity index is 1.47. The minimum Gasteiger partial charge on any atom is -0.377 e. The SMILES string of the molecule is CCC1CCCCN1C(=O)C(C)N1CCN(CC2CCCO2)CC1. The average Bonchev–Trinajstić information content (AvgIpc) is 3.14. The first-order valence-electron chi connectivity index (χ1n) is 10.1. The Labute approximate surface area is 147 Å². The van der Waals surface area contributed by atoms with Crippen LogP contribution in [0, 0.1) is 0 Å². The summed E-state index contributed by atoms with van der Waals surface area (Å²) in [5.74, 6) is 0.356. The normalized spacial score (nSPS) is 31.3. The van der Waals surface area contributed by atoms with E-state index >= 15 is 0 Å². The number of carbonyl (C=O) groups excluding carboxylic acids is 1. The van der Waals surface area contributed by atoms with E-state index in [2.05, 4.69) is 28.5 Å². The van der Waals surface area contributed by atoms with Gasteiger partial charge in [-0.1, -0.05) is 6.92 Å². The Kier molecular flexibility index (Phi) is 6.53. The predicted octanol–water partition coefficient (Wildman–Crippen LogP) is 1.96.